The van der Waals surface area contributed by atoms with Crippen LogP contribution in [-0.2, 0) is 0 Å². The number of furan rings is 1. The molecule has 1 aromatic heterocycles. The number of carbonyl (C=O) groups excluding carboxylic acids is 1. The van der Waals surface area contributed by atoms with E-state index in [1.165, 1.54) is 0 Å². The first-order valence-electron chi connectivity index (χ1n) is 6.19. The van der Waals surface area contributed by atoms with Gasteiger partial charge in [0, 0.05) is 11.8 Å². The van der Waals surface area contributed by atoms with Crippen molar-refractivity contribution in [3.63, 3.8) is 0 Å². The molecule has 0 saturated carbocycles. The van der Waals surface area contributed by atoms with Crippen molar-refractivity contribution in [2.75, 3.05) is 0 Å². The molecule has 0 fully saturated rings. The van der Waals surface area contributed by atoms with Crippen LogP contribution in [0.5, 0.6) is 0 Å². The smallest absolute Gasteiger partial charge is 0.198 e. The molecule has 90 valence electrons. The Morgan fingerprint density at radius 1 is 1.35 bits per heavy atom. The van der Waals surface area contributed by atoms with Crippen molar-refractivity contribution in [1.82, 2.24) is 0 Å². The van der Waals surface area contributed by atoms with E-state index in [0.717, 1.165) is 23.0 Å². The molecule has 2 nitrogen and oxygen atoms in total. The van der Waals surface area contributed by atoms with Crippen LogP contribution < -0.4 is 0 Å². The van der Waals surface area contributed by atoms with Crippen LogP contribution in [0.4, 0.5) is 0 Å². The van der Waals surface area contributed by atoms with Crippen LogP contribution in [0.2, 0.25) is 0 Å². The maximum Gasteiger partial charge on any atom is 0.198 e. The van der Waals surface area contributed by atoms with E-state index in [9.17, 15) is 4.79 Å². The number of carbonyl (C=O) groups is 1. The van der Waals surface area contributed by atoms with Crippen molar-refractivity contribution in [2.45, 2.75) is 39.5 Å². The molecule has 17 heavy (non-hydrogen) atoms. The van der Waals surface area contributed by atoms with Gasteiger partial charge < -0.3 is 4.42 Å². The van der Waals surface area contributed by atoms with E-state index in [-0.39, 0.29) is 5.78 Å². The average Bonchev–Trinajstić information content (AvgIpc) is 2.72. The highest BCUT2D eigenvalue weighted by molar-refractivity contribution is 5.98. The number of hydrogen-bond donors (Lipinski definition) is 0. The monoisotopic (exact) mass is 230 g/mol. The normalized spacial score (nSPS) is 11.3. The predicted octanol–water partition coefficient (Wildman–Crippen LogP) is 4.54. The lowest BCUT2D eigenvalue weighted by atomic mass is 10.0. The number of fused-ring (bicyclic) bond motifs is 1. The summed E-state index contributed by atoms with van der Waals surface area (Å²) in [5, 5.41) is 1.02. The third-order valence-corrected chi connectivity index (χ3v) is 2.95. The van der Waals surface area contributed by atoms with Gasteiger partial charge in [0.1, 0.15) is 5.58 Å². The second kappa shape index (κ2) is 4.74. The first kappa shape index (κ1) is 11.9. The molecular formula is C15H18O2. The zero-order valence-electron chi connectivity index (χ0n) is 10.6. The largest absolute Gasteiger partial charge is 0.453 e. The molecule has 0 saturated heterocycles. The first-order chi connectivity index (χ1) is 8.13. The third kappa shape index (κ3) is 2.26. The van der Waals surface area contributed by atoms with Gasteiger partial charge in [-0.1, -0.05) is 39.0 Å². The number of hydrogen-bond acceptors (Lipinski definition) is 2. The van der Waals surface area contributed by atoms with Crippen molar-refractivity contribution >= 4 is 16.8 Å². The van der Waals surface area contributed by atoms with Crippen LogP contribution in [0.25, 0.3) is 11.0 Å². The second-order valence-electron chi connectivity index (χ2n) is 4.70. The Balaban J connectivity index is 2.50. The van der Waals surface area contributed by atoms with Gasteiger partial charge in [-0.25, -0.2) is 0 Å². The molecule has 0 spiro atoms. The van der Waals surface area contributed by atoms with E-state index < -0.39 is 0 Å². The molecule has 2 rings (SSSR count). The molecule has 0 aliphatic carbocycles. The van der Waals surface area contributed by atoms with Gasteiger partial charge in [0.25, 0.3) is 0 Å². The van der Waals surface area contributed by atoms with Gasteiger partial charge in [0.15, 0.2) is 11.5 Å². The molecule has 0 atom stereocenters. The first-order valence-corrected chi connectivity index (χ1v) is 6.19. The lowest BCUT2D eigenvalue weighted by Crippen LogP contribution is -1.94. The number of para-hydroxylation sites is 1. The van der Waals surface area contributed by atoms with Crippen LogP contribution in [0.1, 0.15) is 55.6 Å². The maximum atomic E-state index is 11.8. The van der Waals surface area contributed by atoms with Crippen LogP contribution in [0.15, 0.2) is 28.7 Å². The quantitative estimate of drug-likeness (QED) is 0.722. The van der Waals surface area contributed by atoms with Crippen LogP contribution in [0.3, 0.4) is 0 Å². The van der Waals surface area contributed by atoms with Gasteiger partial charge >= 0.3 is 0 Å². The van der Waals surface area contributed by atoms with Gasteiger partial charge in [0.05, 0.1) is 0 Å². The van der Waals surface area contributed by atoms with Crippen LogP contribution in [-0.4, -0.2) is 5.78 Å². The molecule has 0 N–H and O–H groups in total. The molecule has 2 aromatic rings. The highest BCUT2D eigenvalue weighted by atomic mass is 16.3. The van der Waals surface area contributed by atoms with Crippen LogP contribution >= 0.6 is 0 Å². The molecule has 1 heterocycles. The summed E-state index contributed by atoms with van der Waals surface area (Å²) in [6, 6.07) is 7.93. The Morgan fingerprint density at radius 2 is 2.12 bits per heavy atom. The van der Waals surface area contributed by atoms with Crippen molar-refractivity contribution in [3.05, 3.63) is 35.6 Å². The number of rotatable bonds is 4. The summed E-state index contributed by atoms with van der Waals surface area (Å²) in [7, 11) is 0. The topological polar surface area (TPSA) is 30.2 Å². The Kier molecular flexibility index (Phi) is 3.32. The summed E-state index contributed by atoms with van der Waals surface area (Å²) < 4.78 is 5.73. The zero-order valence-corrected chi connectivity index (χ0v) is 10.6. The molecule has 0 aliphatic heterocycles. The van der Waals surface area contributed by atoms with E-state index in [1.54, 1.807) is 0 Å². The molecular weight excluding hydrogens is 212 g/mol. The Morgan fingerprint density at radius 3 is 2.76 bits per heavy atom. The summed E-state index contributed by atoms with van der Waals surface area (Å²) in [6.45, 7) is 6.26. The Labute approximate surface area is 102 Å². The summed E-state index contributed by atoms with van der Waals surface area (Å²) in [6.07, 6.45) is 1.41. The minimum atomic E-state index is 0.0957. The highest BCUT2D eigenvalue weighted by Crippen LogP contribution is 2.28. The molecule has 0 amide bonds. The standard InChI is InChI=1S/C15H18O2/c1-4-6-13(16)14-9-11-7-5-8-12(10(2)3)15(11)17-14/h5,7-10H,4,6H2,1-3H3. The van der Waals surface area contributed by atoms with Gasteiger partial charge in [-0.15, -0.1) is 0 Å². The third-order valence-electron chi connectivity index (χ3n) is 2.95. The molecule has 2 heteroatoms. The van der Waals surface area contributed by atoms with Crippen molar-refractivity contribution < 1.29 is 9.21 Å². The highest BCUT2D eigenvalue weighted by Gasteiger charge is 2.14. The Hall–Kier alpha value is -1.57. The van der Waals surface area contributed by atoms with Crippen molar-refractivity contribution in [2.24, 2.45) is 0 Å². The number of benzene rings is 1. The average molecular weight is 230 g/mol. The number of Topliss-reactive ketones (excluding diaryl/α,β-unsaturated/α-hetero) is 1. The number of ketones is 1. The summed E-state index contributed by atoms with van der Waals surface area (Å²) in [5.41, 5.74) is 2.03. The Bertz CT molecular complexity index is 535. The summed E-state index contributed by atoms with van der Waals surface area (Å²) >= 11 is 0. The van der Waals surface area contributed by atoms with Gasteiger partial charge in [0.2, 0.25) is 0 Å². The van der Waals surface area contributed by atoms with Gasteiger partial charge in [-0.3, -0.25) is 4.79 Å². The zero-order chi connectivity index (χ0) is 12.4. The molecule has 0 aliphatic rings. The second-order valence-corrected chi connectivity index (χ2v) is 4.70. The molecule has 0 radical (unpaired) electrons. The minimum absolute atomic E-state index is 0.0957. The SMILES string of the molecule is CCCC(=O)c1cc2cccc(C(C)C)c2o1. The van der Waals surface area contributed by atoms with E-state index in [4.69, 9.17) is 4.42 Å². The van der Waals surface area contributed by atoms with Gasteiger partial charge in [-0.2, -0.15) is 0 Å². The molecule has 0 unspecified atom stereocenters. The summed E-state index contributed by atoms with van der Waals surface area (Å²) in [4.78, 5) is 11.8. The van der Waals surface area contributed by atoms with E-state index in [2.05, 4.69) is 19.9 Å². The maximum absolute atomic E-state index is 11.8. The van der Waals surface area contributed by atoms with E-state index in [0.29, 0.717) is 18.1 Å². The fourth-order valence-electron chi connectivity index (χ4n) is 2.03. The lowest BCUT2D eigenvalue weighted by Gasteiger charge is -2.04. The van der Waals surface area contributed by atoms with Crippen molar-refractivity contribution in [1.29, 1.82) is 0 Å². The minimum Gasteiger partial charge on any atom is -0.453 e. The fourth-order valence-corrected chi connectivity index (χ4v) is 2.03. The van der Waals surface area contributed by atoms with E-state index in [1.807, 2.05) is 25.1 Å². The molecule has 1 aromatic carbocycles. The predicted molar refractivity (Wildman–Crippen MR) is 69.5 cm³/mol. The fraction of sp³-hybridized carbons (Fsp3) is 0.400. The van der Waals surface area contributed by atoms with E-state index >= 15 is 0 Å². The summed E-state index contributed by atoms with van der Waals surface area (Å²) in [5.74, 6) is 0.993. The lowest BCUT2D eigenvalue weighted by molar-refractivity contribution is 0.0957. The van der Waals surface area contributed by atoms with Crippen LogP contribution in [0, 0.1) is 0 Å². The molecule has 0 bridgehead atoms. The van der Waals surface area contributed by atoms with Gasteiger partial charge in [-0.05, 0) is 24.0 Å². The van der Waals surface area contributed by atoms with Crippen molar-refractivity contribution in [3.8, 4) is 0 Å².